The second kappa shape index (κ2) is 6.37. The van der Waals surface area contributed by atoms with Crippen LogP contribution >= 0.6 is 0 Å². The van der Waals surface area contributed by atoms with Gasteiger partial charge in [0.15, 0.2) is 0 Å². The van der Waals surface area contributed by atoms with Crippen molar-refractivity contribution in [1.82, 2.24) is 4.72 Å². The number of carbonyl (C=O) groups is 1. The summed E-state index contributed by atoms with van der Waals surface area (Å²) < 4.78 is 31.9. The molecule has 0 radical (unpaired) electrons. The highest BCUT2D eigenvalue weighted by atomic mass is 32.2. The van der Waals surface area contributed by atoms with Gasteiger partial charge in [0.2, 0.25) is 10.0 Å². The highest BCUT2D eigenvalue weighted by Crippen LogP contribution is 2.20. The molecule has 0 aromatic heterocycles. The van der Waals surface area contributed by atoms with Crippen molar-refractivity contribution in [2.75, 3.05) is 6.61 Å². The first-order chi connectivity index (χ1) is 9.53. The van der Waals surface area contributed by atoms with Crippen LogP contribution in [0.1, 0.15) is 43.0 Å². The molecule has 1 aliphatic rings. The van der Waals surface area contributed by atoms with Gasteiger partial charge in [-0.15, -0.1) is 0 Å². The van der Waals surface area contributed by atoms with E-state index in [9.17, 15) is 13.2 Å². The van der Waals surface area contributed by atoms with Crippen LogP contribution < -0.4 is 4.72 Å². The number of hydrogen-bond acceptors (Lipinski definition) is 4. The molecule has 2 rings (SSSR count). The van der Waals surface area contributed by atoms with Gasteiger partial charge in [0.1, 0.15) is 0 Å². The first-order valence-corrected chi connectivity index (χ1v) is 8.31. The summed E-state index contributed by atoms with van der Waals surface area (Å²) in [4.78, 5) is 11.7. The van der Waals surface area contributed by atoms with Crippen molar-refractivity contribution < 1.29 is 17.9 Å². The van der Waals surface area contributed by atoms with Crippen LogP contribution in [-0.2, 0) is 14.8 Å². The molecule has 110 valence electrons. The maximum atomic E-state index is 12.2. The van der Waals surface area contributed by atoms with E-state index >= 15 is 0 Å². The third kappa shape index (κ3) is 3.58. The number of rotatable bonds is 5. The lowest BCUT2D eigenvalue weighted by molar-refractivity contribution is 0.0526. The monoisotopic (exact) mass is 297 g/mol. The first kappa shape index (κ1) is 15.0. The zero-order chi connectivity index (χ0) is 14.6. The van der Waals surface area contributed by atoms with E-state index < -0.39 is 16.0 Å². The zero-order valence-electron chi connectivity index (χ0n) is 11.5. The second-order valence-corrected chi connectivity index (χ2v) is 6.56. The summed E-state index contributed by atoms with van der Waals surface area (Å²) in [7, 11) is -3.50. The fourth-order valence-electron chi connectivity index (χ4n) is 2.32. The van der Waals surface area contributed by atoms with E-state index in [4.69, 9.17) is 4.74 Å². The van der Waals surface area contributed by atoms with E-state index in [1.165, 1.54) is 24.3 Å². The number of carbonyl (C=O) groups excluding carboxylic acids is 1. The van der Waals surface area contributed by atoms with Crippen LogP contribution in [0.4, 0.5) is 0 Å². The Labute approximate surface area is 119 Å². The molecule has 0 heterocycles. The van der Waals surface area contributed by atoms with Gasteiger partial charge in [-0.3, -0.25) is 0 Å². The molecule has 0 atom stereocenters. The van der Waals surface area contributed by atoms with Gasteiger partial charge in [-0.25, -0.2) is 17.9 Å². The van der Waals surface area contributed by atoms with Crippen molar-refractivity contribution in [3.05, 3.63) is 29.8 Å². The summed E-state index contributed by atoms with van der Waals surface area (Å²) in [5.74, 6) is -0.444. The summed E-state index contributed by atoms with van der Waals surface area (Å²) in [6.45, 7) is 2.02. The smallest absolute Gasteiger partial charge is 0.338 e. The third-order valence-electron chi connectivity index (χ3n) is 3.35. The van der Waals surface area contributed by atoms with Gasteiger partial charge in [-0.05, 0) is 44.0 Å². The van der Waals surface area contributed by atoms with Crippen molar-refractivity contribution in [3.8, 4) is 0 Å². The van der Waals surface area contributed by atoms with E-state index in [-0.39, 0.29) is 10.9 Å². The Bertz CT molecular complexity index is 559. The molecule has 0 amide bonds. The summed E-state index contributed by atoms with van der Waals surface area (Å²) in [6, 6.07) is 5.85. The normalized spacial score (nSPS) is 16.2. The van der Waals surface area contributed by atoms with Gasteiger partial charge in [-0.1, -0.05) is 12.8 Å². The predicted molar refractivity (Wildman–Crippen MR) is 75.0 cm³/mol. The standard InChI is InChI=1S/C14H19NO4S/c1-2-19-14(16)11-7-9-13(10-8-11)20(17,18)15-12-5-3-4-6-12/h7-10,12,15H,2-6H2,1H3. The van der Waals surface area contributed by atoms with Gasteiger partial charge in [0, 0.05) is 6.04 Å². The number of ether oxygens (including phenoxy) is 1. The van der Waals surface area contributed by atoms with Crippen LogP contribution in [0, 0.1) is 0 Å². The highest BCUT2D eigenvalue weighted by Gasteiger charge is 2.23. The molecular formula is C14H19NO4S. The number of nitrogens with one attached hydrogen (secondary N) is 1. The van der Waals surface area contributed by atoms with Crippen LogP contribution in [-0.4, -0.2) is 27.0 Å². The Hall–Kier alpha value is -1.40. The third-order valence-corrected chi connectivity index (χ3v) is 4.89. The summed E-state index contributed by atoms with van der Waals surface area (Å²) >= 11 is 0. The van der Waals surface area contributed by atoms with E-state index in [1.807, 2.05) is 0 Å². The summed E-state index contributed by atoms with van der Waals surface area (Å²) in [5.41, 5.74) is 0.353. The first-order valence-electron chi connectivity index (χ1n) is 6.82. The van der Waals surface area contributed by atoms with Gasteiger partial charge < -0.3 is 4.74 Å². The van der Waals surface area contributed by atoms with E-state index in [2.05, 4.69) is 4.72 Å². The maximum absolute atomic E-state index is 12.2. The average Bonchev–Trinajstić information content (AvgIpc) is 2.91. The Kier molecular flexibility index (Phi) is 4.77. The Balaban J connectivity index is 2.10. The van der Waals surface area contributed by atoms with Crippen molar-refractivity contribution in [2.24, 2.45) is 0 Å². The Morgan fingerprint density at radius 1 is 1.25 bits per heavy atom. The molecular weight excluding hydrogens is 278 g/mol. The van der Waals surface area contributed by atoms with Crippen LogP contribution in [0.5, 0.6) is 0 Å². The summed E-state index contributed by atoms with van der Waals surface area (Å²) in [5, 5.41) is 0. The van der Waals surface area contributed by atoms with E-state index in [0.717, 1.165) is 25.7 Å². The average molecular weight is 297 g/mol. The van der Waals surface area contributed by atoms with Crippen molar-refractivity contribution in [2.45, 2.75) is 43.5 Å². The number of benzene rings is 1. The maximum Gasteiger partial charge on any atom is 0.338 e. The van der Waals surface area contributed by atoms with Crippen molar-refractivity contribution >= 4 is 16.0 Å². The molecule has 20 heavy (non-hydrogen) atoms. The van der Waals surface area contributed by atoms with Gasteiger partial charge in [-0.2, -0.15) is 0 Å². The minimum absolute atomic E-state index is 0.0322. The molecule has 1 aliphatic carbocycles. The van der Waals surface area contributed by atoms with Crippen LogP contribution in [0.3, 0.4) is 0 Å². The fraction of sp³-hybridized carbons (Fsp3) is 0.500. The molecule has 0 spiro atoms. The molecule has 1 fully saturated rings. The number of esters is 1. The van der Waals surface area contributed by atoms with Crippen LogP contribution in [0.2, 0.25) is 0 Å². The molecule has 1 aromatic rings. The molecule has 1 saturated carbocycles. The lowest BCUT2D eigenvalue weighted by atomic mass is 10.2. The van der Waals surface area contributed by atoms with E-state index in [0.29, 0.717) is 12.2 Å². The largest absolute Gasteiger partial charge is 0.462 e. The minimum Gasteiger partial charge on any atom is -0.462 e. The second-order valence-electron chi connectivity index (χ2n) is 4.85. The Morgan fingerprint density at radius 3 is 2.40 bits per heavy atom. The minimum atomic E-state index is -3.50. The van der Waals surface area contributed by atoms with Gasteiger partial charge >= 0.3 is 5.97 Å². The van der Waals surface area contributed by atoms with Crippen LogP contribution in [0.15, 0.2) is 29.2 Å². The molecule has 6 heteroatoms. The van der Waals surface area contributed by atoms with E-state index in [1.54, 1.807) is 6.92 Å². The molecule has 5 nitrogen and oxygen atoms in total. The van der Waals surface area contributed by atoms with Crippen LogP contribution in [0.25, 0.3) is 0 Å². The fourth-order valence-corrected chi connectivity index (χ4v) is 3.62. The number of hydrogen-bond donors (Lipinski definition) is 1. The molecule has 1 N–H and O–H groups in total. The molecule has 0 unspecified atom stereocenters. The molecule has 1 aromatic carbocycles. The van der Waals surface area contributed by atoms with Crippen molar-refractivity contribution in [3.63, 3.8) is 0 Å². The topological polar surface area (TPSA) is 72.5 Å². The lowest BCUT2D eigenvalue weighted by Crippen LogP contribution is -2.32. The zero-order valence-corrected chi connectivity index (χ0v) is 12.3. The SMILES string of the molecule is CCOC(=O)c1ccc(S(=O)(=O)NC2CCCC2)cc1. The lowest BCUT2D eigenvalue weighted by Gasteiger charge is -2.12. The highest BCUT2D eigenvalue weighted by molar-refractivity contribution is 7.89. The number of sulfonamides is 1. The summed E-state index contributed by atoms with van der Waals surface area (Å²) in [6.07, 6.45) is 3.91. The van der Waals surface area contributed by atoms with Crippen molar-refractivity contribution in [1.29, 1.82) is 0 Å². The molecule has 0 bridgehead atoms. The molecule has 0 saturated heterocycles. The quantitative estimate of drug-likeness (QED) is 0.845. The van der Waals surface area contributed by atoms with Gasteiger partial charge in [0.05, 0.1) is 17.1 Å². The molecule has 0 aliphatic heterocycles. The van der Waals surface area contributed by atoms with Gasteiger partial charge in [0.25, 0.3) is 0 Å². The Morgan fingerprint density at radius 2 is 1.85 bits per heavy atom. The predicted octanol–water partition coefficient (Wildman–Crippen LogP) is 2.08.